The lowest BCUT2D eigenvalue weighted by Crippen LogP contribution is -2.46. The molecule has 3 rings (SSSR count). The number of H-pyrrole nitrogens is 1. The monoisotopic (exact) mass is 294 g/mol. The molecule has 1 amide bonds. The second-order valence-electron chi connectivity index (χ2n) is 5.26. The highest BCUT2D eigenvalue weighted by molar-refractivity contribution is 5.75. The van der Waals surface area contributed by atoms with Crippen molar-refractivity contribution in [2.24, 2.45) is 0 Å². The number of aromatic amines is 1. The summed E-state index contributed by atoms with van der Waals surface area (Å²) < 4.78 is 26.4. The van der Waals surface area contributed by atoms with Gasteiger partial charge in [0, 0.05) is 38.3 Å². The summed E-state index contributed by atoms with van der Waals surface area (Å²) in [6, 6.07) is 2.22. The molecule has 1 aliphatic heterocycles. The number of fused-ring (bicyclic) bond motifs is 1. The third-order valence-electron chi connectivity index (χ3n) is 3.98. The van der Waals surface area contributed by atoms with Crippen molar-refractivity contribution in [3.8, 4) is 0 Å². The number of carbonyl (C=O) groups is 1. The third-order valence-corrected chi connectivity index (χ3v) is 3.98. The maximum Gasteiger partial charge on any atom is 0.209 e. The topological polar surface area (TPSA) is 52.2 Å². The van der Waals surface area contributed by atoms with Crippen LogP contribution in [-0.2, 0) is 4.79 Å². The highest BCUT2D eigenvalue weighted by Gasteiger charge is 2.23. The highest BCUT2D eigenvalue weighted by atomic mass is 19.2. The Balaban J connectivity index is 1.81. The predicted octanol–water partition coefficient (Wildman–Crippen LogP) is 1.68. The minimum absolute atomic E-state index is 0.00248. The molecule has 0 bridgehead atoms. The Labute approximate surface area is 120 Å². The lowest BCUT2D eigenvalue weighted by molar-refractivity contribution is -0.120. The second kappa shape index (κ2) is 5.40. The van der Waals surface area contributed by atoms with Crippen LogP contribution in [0.2, 0.25) is 0 Å². The summed E-state index contributed by atoms with van der Waals surface area (Å²) in [5.41, 5.74) is 0.907. The van der Waals surface area contributed by atoms with E-state index in [1.54, 1.807) is 4.90 Å². The molecule has 1 aliphatic rings. The number of halogens is 2. The van der Waals surface area contributed by atoms with Crippen LogP contribution in [0.15, 0.2) is 12.1 Å². The van der Waals surface area contributed by atoms with Crippen molar-refractivity contribution in [3.63, 3.8) is 0 Å². The van der Waals surface area contributed by atoms with Gasteiger partial charge in [-0.05, 0) is 6.92 Å². The molecule has 0 radical (unpaired) electrons. The molecule has 1 N–H and O–H groups in total. The highest BCUT2D eigenvalue weighted by Crippen LogP contribution is 2.23. The SMILES string of the molecule is CC(c1nc2cc(F)c(F)cc2[nH]1)N1CCN(C=O)CC1. The van der Waals surface area contributed by atoms with E-state index >= 15 is 0 Å². The molecule has 1 aromatic carbocycles. The summed E-state index contributed by atoms with van der Waals surface area (Å²) in [6.45, 7) is 4.84. The molecule has 1 atom stereocenters. The van der Waals surface area contributed by atoms with E-state index in [1.165, 1.54) is 0 Å². The van der Waals surface area contributed by atoms with E-state index in [0.717, 1.165) is 31.6 Å². The summed E-state index contributed by atoms with van der Waals surface area (Å²) in [6.07, 6.45) is 0.856. The van der Waals surface area contributed by atoms with Crippen LogP contribution in [-0.4, -0.2) is 52.4 Å². The number of rotatable bonds is 3. The lowest BCUT2D eigenvalue weighted by atomic mass is 10.2. The lowest BCUT2D eigenvalue weighted by Gasteiger charge is -2.35. The number of hydrogen-bond acceptors (Lipinski definition) is 3. The van der Waals surface area contributed by atoms with Crippen molar-refractivity contribution in [2.45, 2.75) is 13.0 Å². The molecular weight excluding hydrogens is 278 g/mol. The molecule has 0 saturated carbocycles. The van der Waals surface area contributed by atoms with E-state index in [0.29, 0.717) is 29.9 Å². The van der Waals surface area contributed by atoms with Crippen LogP contribution in [0.4, 0.5) is 8.78 Å². The number of nitrogens with one attached hydrogen (secondary N) is 1. The summed E-state index contributed by atoms with van der Waals surface area (Å²) in [7, 11) is 0. The largest absolute Gasteiger partial charge is 0.343 e. The van der Waals surface area contributed by atoms with Crippen molar-refractivity contribution in [1.29, 1.82) is 0 Å². The van der Waals surface area contributed by atoms with Crippen molar-refractivity contribution in [2.75, 3.05) is 26.2 Å². The van der Waals surface area contributed by atoms with Gasteiger partial charge in [0.15, 0.2) is 11.6 Å². The van der Waals surface area contributed by atoms with Crippen molar-refractivity contribution >= 4 is 17.4 Å². The zero-order valence-electron chi connectivity index (χ0n) is 11.6. The van der Waals surface area contributed by atoms with Crippen molar-refractivity contribution in [1.82, 2.24) is 19.8 Å². The number of carbonyl (C=O) groups excluding carboxylic acids is 1. The molecule has 21 heavy (non-hydrogen) atoms. The van der Waals surface area contributed by atoms with E-state index in [2.05, 4.69) is 14.9 Å². The molecule has 0 spiro atoms. The van der Waals surface area contributed by atoms with Crippen LogP contribution < -0.4 is 0 Å². The summed E-state index contributed by atoms with van der Waals surface area (Å²) in [4.78, 5) is 22.0. The first-order valence-electron chi connectivity index (χ1n) is 6.86. The predicted molar refractivity (Wildman–Crippen MR) is 73.6 cm³/mol. The van der Waals surface area contributed by atoms with Crippen LogP contribution in [0.1, 0.15) is 18.8 Å². The van der Waals surface area contributed by atoms with E-state index < -0.39 is 11.6 Å². The summed E-state index contributed by atoms with van der Waals surface area (Å²) >= 11 is 0. The van der Waals surface area contributed by atoms with Gasteiger partial charge in [-0.2, -0.15) is 0 Å². The smallest absolute Gasteiger partial charge is 0.209 e. The van der Waals surface area contributed by atoms with Crippen LogP contribution in [0, 0.1) is 11.6 Å². The number of aromatic nitrogens is 2. The van der Waals surface area contributed by atoms with Crippen molar-refractivity contribution < 1.29 is 13.6 Å². The van der Waals surface area contributed by atoms with Gasteiger partial charge >= 0.3 is 0 Å². The minimum atomic E-state index is -0.896. The molecule has 7 heteroatoms. The minimum Gasteiger partial charge on any atom is -0.343 e. The zero-order chi connectivity index (χ0) is 15.0. The van der Waals surface area contributed by atoms with Crippen LogP contribution in [0.3, 0.4) is 0 Å². The first-order valence-corrected chi connectivity index (χ1v) is 6.86. The normalized spacial score (nSPS) is 18.1. The Morgan fingerprint density at radius 3 is 2.57 bits per heavy atom. The second-order valence-corrected chi connectivity index (χ2v) is 5.26. The fourth-order valence-electron chi connectivity index (χ4n) is 2.63. The number of nitrogens with zero attached hydrogens (tertiary/aromatic N) is 3. The Morgan fingerprint density at radius 2 is 1.90 bits per heavy atom. The fourth-order valence-corrected chi connectivity index (χ4v) is 2.63. The van der Waals surface area contributed by atoms with Gasteiger partial charge in [-0.15, -0.1) is 0 Å². The number of piperazine rings is 1. The zero-order valence-corrected chi connectivity index (χ0v) is 11.6. The van der Waals surface area contributed by atoms with Crippen LogP contribution in [0.5, 0.6) is 0 Å². The first kappa shape index (κ1) is 13.9. The quantitative estimate of drug-likeness (QED) is 0.876. The fraction of sp³-hybridized carbons (Fsp3) is 0.429. The molecule has 5 nitrogen and oxygen atoms in total. The molecule has 1 fully saturated rings. The molecule has 2 heterocycles. The van der Waals surface area contributed by atoms with Gasteiger partial charge in [-0.3, -0.25) is 9.69 Å². The van der Waals surface area contributed by atoms with Crippen LogP contribution >= 0.6 is 0 Å². The molecule has 1 saturated heterocycles. The van der Waals surface area contributed by atoms with Gasteiger partial charge in [-0.25, -0.2) is 13.8 Å². The Morgan fingerprint density at radius 1 is 1.24 bits per heavy atom. The van der Waals surface area contributed by atoms with Gasteiger partial charge < -0.3 is 9.88 Å². The number of amides is 1. The van der Waals surface area contributed by atoms with Gasteiger partial charge in [0.25, 0.3) is 0 Å². The van der Waals surface area contributed by atoms with Gasteiger partial charge in [0.05, 0.1) is 17.1 Å². The standard InChI is InChI=1S/C14H16F2N4O/c1-9(20-4-2-19(8-21)3-5-20)14-17-12-6-10(15)11(16)7-13(12)18-14/h6-9H,2-5H2,1H3,(H,17,18). The first-order chi connectivity index (χ1) is 10.1. The Hall–Kier alpha value is -2.02. The number of imidazole rings is 1. The van der Waals surface area contributed by atoms with Crippen LogP contribution in [0.25, 0.3) is 11.0 Å². The van der Waals surface area contributed by atoms with E-state index in [1.807, 2.05) is 6.92 Å². The number of benzene rings is 1. The average Bonchev–Trinajstić information content (AvgIpc) is 2.90. The molecule has 112 valence electrons. The molecule has 1 aromatic heterocycles. The molecule has 0 aliphatic carbocycles. The van der Waals surface area contributed by atoms with Gasteiger partial charge in [0.1, 0.15) is 5.82 Å². The molecule has 1 unspecified atom stereocenters. The summed E-state index contributed by atoms with van der Waals surface area (Å²) in [5, 5.41) is 0. The summed E-state index contributed by atoms with van der Waals surface area (Å²) in [5.74, 6) is -1.10. The van der Waals surface area contributed by atoms with E-state index in [-0.39, 0.29) is 6.04 Å². The Bertz CT molecular complexity index is 625. The van der Waals surface area contributed by atoms with Gasteiger partial charge in [0.2, 0.25) is 6.41 Å². The maximum atomic E-state index is 13.2. The Kier molecular flexibility index (Phi) is 3.59. The van der Waals surface area contributed by atoms with Crippen molar-refractivity contribution in [3.05, 3.63) is 29.6 Å². The maximum absolute atomic E-state index is 13.2. The third kappa shape index (κ3) is 2.61. The molecule has 2 aromatic rings. The van der Waals surface area contributed by atoms with E-state index in [9.17, 15) is 13.6 Å². The number of hydrogen-bond donors (Lipinski definition) is 1. The van der Waals surface area contributed by atoms with E-state index in [4.69, 9.17) is 0 Å². The molecular formula is C14H16F2N4O. The van der Waals surface area contributed by atoms with Gasteiger partial charge in [-0.1, -0.05) is 0 Å². The average molecular weight is 294 g/mol.